The Kier molecular flexibility index (Phi) is 4.65. The third-order valence-corrected chi connectivity index (χ3v) is 5.35. The first kappa shape index (κ1) is 16.4. The zero-order chi connectivity index (χ0) is 17.2. The van der Waals surface area contributed by atoms with Crippen LogP contribution >= 0.6 is 11.3 Å². The van der Waals surface area contributed by atoms with Crippen LogP contribution in [0, 0.1) is 0 Å². The topological polar surface area (TPSA) is 74.1 Å². The molecular formula is C17H21N5O2S. The standard InChI is InChI=1S/C17H21N5O2S/c1-23-7-6-22-5-4-18-16(22)15-20-14(13-3-8-25-17(13)21-15)19-11-9-12(10-11)24-2/h3-5,8,11-12H,6-7,9-10H2,1-2H3,(H,19,20,21). The largest absolute Gasteiger partial charge is 0.383 e. The Morgan fingerprint density at radius 1 is 1.32 bits per heavy atom. The molecular weight excluding hydrogens is 338 g/mol. The lowest BCUT2D eigenvalue weighted by molar-refractivity contribution is 0.0328. The minimum absolute atomic E-state index is 0.352. The van der Waals surface area contributed by atoms with Crippen molar-refractivity contribution in [2.45, 2.75) is 31.5 Å². The minimum atomic E-state index is 0.352. The highest BCUT2D eigenvalue weighted by Gasteiger charge is 2.30. The van der Waals surface area contributed by atoms with Gasteiger partial charge in [0.15, 0.2) is 11.6 Å². The van der Waals surface area contributed by atoms with Gasteiger partial charge in [-0.2, -0.15) is 0 Å². The van der Waals surface area contributed by atoms with Crippen LogP contribution in [0.15, 0.2) is 23.8 Å². The molecule has 0 amide bonds. The first-order valence-electron chi connectivity index (χ1n) is 8.33. The number of methoxy groups -OCH3 is 2. The highest BCUT2D eigenvalue weighted by Crippen LogP contribution is 2.32. The highest BCUT2D eigenvalue weighted by molar-refractivity contribution is 7.16. The second kappa shape index (κ2) is 7.07. The van der Waals surface area contributed by atoms with Crippen molar-refractivity contribution in [3.05, 3.63) is 23.8 Å². The van der Waals surface area contributed by atoms with Crippen LogP contribution in [0.5, 0.6) is 0 Å². The van der Waals surface area contributed by atoms with Gasteiger partial charge in [-0.05, 0) is 24.3 Å². The quantitative estimate of drug-likeness (QED) is 0.699. The molecule has 0 radical (unpaired) electrons. The van der Waals surface area contributed by atoms with Gasteiger partial charge in [0, 0.05) is 39.2 Å². The monoisotopic (exact) mass is 359 g/mol. The molecule has 0 spiro atoms. The number of nitrogens with zero attached hydrogens (tertiary/aromatic N) is 4. The summed E-state index contributed by atoms with van der Waals surface area (Å²) in [6.45, 7) is 1.34. The Morgan fingerprint density at radius 3 is 3.00 bits per heavy atom. The molecule has 1 N–H and O–H groups in total. The average molecular weight is 359 g/mol. The number of hydrogen-bond donors (Lipinski definition) is 1. The first-order valence-corrected chi connectivity index (χ1v) is 9.21. The molecule has 0 atom stereocenters. The minimum Gasteiger partial charge on any atom is -0.383 e. The van der Waals surface area contributed by atoms with Gasteiger partial charge in [0.1, 0.15) is 10.6 Å². The van der Waals surface area contributed by atoms with Crippen molar-refractivity contribution in [1.82, 2.24) is 19.5 Å². The van der Waals surface area contributed by atoms with Crippen molar-refractivity contribution >= 4 is 27.4 Å². The van der Waals surface area contributed by atoms with Crippen LogP contribution in [0.1, 0.15) is 12.8 Å². The highest BCUT2D eigenvalue weighted by atomic mass is 32.1. The summed E-state index contributed by atoms with van der Waals surface area (Å²) < 4.78 is 12.6. The summed E-state index contributed by atoms with van der Waals surface area (Å²) >= 11 is 1.62. The summed E-state index contributed by atoms with van der Waals surface area (Å²) in [4.78, 5) is 14.9. The second-order valence-electron chi connectivity index (χ2n) is 6.14. The molecule has 1 aliphatic carbocycles. The Bertz CT molecular complexity index is 856. The van der Waals surface area contributed by atoms with E-state index in [0.29, 0.717) is 24.6 Å². The Balaban J connectivity index is 1.65. The van der Waals surface area contributed by atoms with Crippen molar-refractivity contribution in [1.29, 1.82) is 0 Å². The van der Waals surface area contributed by atoms with Gasteiger partial charge in [-0.3, -0.25) is 0 Å². The molecule has 0 unspecified atom stereocenters. The molecule has 132 valence electrons. The van der Waals surface area contributed by atoms with Gasteiger partial charge >= 0.3 is 0 Å². The predicted octanol–water partition coefficient (Wildman–Crippen LogP) is 2.79. The van der Waals surface area contributed by atoms with Gasteiger partial charge in [-0.1, -0.05) is 0 Å². The van der Waals surface area contributed by atoms with E-state index in [-0.39, 0.29) is 0 Å². The third kappa shape index (κ3) is 3.24. The second-order valence-corrected chi connectivity index (χ2v) is 7.04. The summed E-state index contributed by atoms with van der Waals surface area (Å²) in [5.41, 5.74) is 0. The zero-order valence-electron chi connectivity index (χ0n) is 14.3. The fourth-order valence-electron chi connectivity index (χ4n) is 3.02. The summed E-state index contributed by atoms with van der Waals surface area (Å²) in [6.07, 6.45) is 6.06. The predicted molar refractivity (Wildman–Crippen MR) is 98.0 cm³/mol. The van der Waals surface area contributed by atoms with Gasteiger partial charge in [0.25, 0.3) is 0 Å². The Hall–Kier alpha value is -2.03. The number of imidazole rings is 1. The number of fused-ring (bicyclic) bond motifs is 1. The summed E-state index contributed by atoms with van der Waals surface area (Å²) in [5.74, 6) is 2.28. The van der Waals surface area contributed by atoms with E-state index in [1.807, 2.05) is 16.1 Å². The van der Waals surface area contributed by atoms with Crippen molar-refractivity contribution in [2.75, 3.05) is 26.1 Å². The number of nitrogens with one attached hydrogen (secondary N) is 1. The van der Waals surface area contributed by atoms with E-state index < -0.39 is 0 Å². The van der Waals surface area contributed by atoms with Gasteiger partial charge in [-0.15, -0.1) is 11.3 Å². The van der Waals surface area contributed by atoms with Crippen LogP contribution < -0.4 is 5.32 Å². The van der Waals surface area contributed by atoms with Crippen LogP contribution in [0.25, 0.3) is 21.9 Å². The summed E-state index contributed by atoms with van der Waals surface area (Å²) in [6, 6.07) is 2.46. The van der Waals surface area contributed by atoms with Gasteiger partial charge < -0.3 is 19.4 Å². The van der Waals surface area contributed by atoms with Crippen LogP contribution in [0.3, 0.4) is 0 Å². The maximum atomic E-state index is 5.37. The summed E-state index contributed by atoms with van der Waals surface area (Å²) in [7, 11) is 3.46. The van der Waals surface area contributed by atoms with E-state index >= 15 is 0 Å². The van der Waals surface area contributed by atoms with Crippen LogP contribution in [-0.4, -0.2) is 52.5 Å². The maximum Gasteiger partial charge on any atom is 0.199 e. The lowest BCUT2D eigenvalue weighted by Gasteiger charge is -2.35. The zero-order valence-corrected chi connectivity index (χ0v) is 15.1. The van der Waals surface area contributed by atoms with Gasteiger partial charge in [0.05, 0.1) is 18.1 Å². The molecule has 8 heteroatoms. The van der Waals surface area contributed by atoms with E-state index in [2.05, 4.69) is 16.4 Å². The van der Waals surface area contributed by atoms with Crippen molar-refractivity contribution < 1.29 is 9.47 Å². The number of rotatable bonds is 7. The maximum absolute atomic E-state index is 5.37. The third-order valence-electron chi connectivity index (χ3n) is 4.55. The molecule has 3 aromatic rings. The molecule has 0 saturated heterocycles. The van der Waals surface area contributed by atoms with Crippen molar-refractivity contribution in [3.8, 4) is 11.6 Å². The fourth-order valence-corrected chi connectivity index (χ4v) is 3.78. The molecule has 1 aliphatic rings. The van der Waals surface area contributed by atoms with Gasteiger partial charge in [-0.25, -0.2) is 15.0 Å². The Morgan fingerprint density at radius 2 is 2.20 bits per heavy atom. The summed E-state index contributed by atoms with van der Waals surface area (Å²) in [5, 5.41) is 6.66. The van der Waals surface area contributed by atoms with E-state index in [1.165, 1.54) is 0 Å². The Labute approximate surface area is 150 Å². The van der Waals surface area contributed by atoms with Crippen LogP contribution in [0.2, 0.25) is 0 Å². The van der Waals surface area contributed by atoms with Gasteiger partial charge in [0.2, 0.25) is 0 Å². The molecule has 0 aromatic carbocycles. The lowest BCUT2D eigenvalue weighted by atomic mass is 9.89. The molecule has 3 aromatic heterocycles. The number of ether oxygens (including phenoxy) is 2. The van der Waals surface area contributed by atoms with E-state index in [0.717, 1.165) is 41.2 Å². The molecule has 7 nitrogen and oxygen atoms in total. The van der Waals surface area contributed by atoms with Crippen LogP contribution in [0.4, 0.5) is 5.82 Å². The molecule has 3 heterocycles. The molecule has 0 aliphatic heterocycles. The van der Waals surface area contributed by atoms with E-state index in [1.54, 1.807) is 31.8 Å². The van der Waals surface area contributed by atoms with Crippen molar-refractivity contribution in [3.63, 3.8) is 0 Å². The molecule has 4 rings (SSSR count). The van der Waals surface area contributed by atoms with Crippen LogP contribution in [-0.2, 0) is 16.0 Å². The molecule has 0 bridgehead atoms. The normalized spacial score (nSPS) is 19.9. The number of aromatic nitrogens is 4. The fraction of sp³-hybridized carbons (Fsp3) is 0.471. The number of thiophene rings is 1. The number of hydrogen-bond acceptors (Lipinski definition) is 7. The molecule has 25 heavy (non-hydrogen) atoms. The van der Waals surface area contributed by atoms with E-state index in [4.69, 9.17) is 19.4 Å². The molecule has 1 fully saturated rings. The lowest BCUT2D eigenvalue weighted by Crippen LogP contribution is -2.40. The average Bonchev–Trinajstić information content (AvgIpc) is 3.24. The number of anilines is 1. The van der Waals surface area contributed by atoms with Crippen molar-refractivity contribution in [2.24, 2.45) is 0 Å². The van der Waals surface area contributed by atoms with E-state index in [9.17, 15) is 0 Å². The SMILES string of the molecule is COCCn1ccnc1-c1nc(NC2CC(OC)C2)c2ccsc2n1. The molecule has 1 saturated carbocycles. The first-order chi connectivity index (χ1) is 12.3. The smallest absolute Gasteiger partial charge is 0.199 e.